The van der Waals surface area contributed by atoms with Crippen LogP contribution >= 0.6 is 22.9 Å². The molecule has 0 radical (unpaired) electrons. The van der Waals surface area contributed by atoms with Gasteiger partial charge in [-0.15, -0.1) is 11.3 Å². The maximum absolute atomic E-state index is 5.94. The summed E-state index contributed by atoms with van der Waals surface area (Å²) in [6.45, 7) is 9.69. The van der Waals surface area contributed by atoms with Gasteiger partial charge in [0.25, 0.3) is 0 Å². The first-order valence-electron chi connectivity index (χ1n) is 7.72. The fourth-order valence-electron chi connectivity index (χ4n) is 2.23. The molecule has 124 valence electrons. The van der Waals surface area contributed by atoms with Crippen LogP contribution in [0.5, 0.6) is 0 Å². The number of nitrogens with one attached hydrogen (secondary N) is 2. The number of nitrogens with zero attached hydrogens (tertiary/aromatic N) is 2. The van der Waals surface area contributed by atoms with Crippen LogP contribution in [0.4, 0.5) is 0 Å². The van der Waals surface area contributed by atoms with Gasteiger partial charge in [-0.1, -0.05) is 23.7 Å². The number of thiazole rings is 1. The summed E-state index contributed by atoms with van der Waals surface area (Å²) in [5, 5.41) is 8.55. The Labute approximate surface area is 147 Å². The number of benzene rings is 1. The summed E-state index contributed by atoms with van der Waals surface area (Å²) in [6, 6.07) is 8.01. The Balaban J connectivity index is 2.06. The van der Waals surface area contributed by atoms with Gasteiger partial charge in [0.05, 0.1) is 23.3 Å². The summed E-state index contributed by atoms with van der Waals surface area (Å²) >= 11 is 7.65. The van der Waals surface area contributed by atoms with E-state index in [9.17, 15) is 0 Å². The van der Waals surface area contributed by atoms with Crippen LogP contribution in [0.15, 0.2) is 29.3 Å². The molecule has 6 heteroatoms. The van der Waals surface area contributed by atoms with Crippen LogP contribution in [0.1, 0.15) is 41.0 Å². The molecule has 0 amide bonds. The number of aliphatic imine (C=N–C) groups is 1. The van der Waals surface area contributed by atoms with Gasteiger partial charge in [-0.2, -0.15) is 0 Å². The lowest BCUT2D eigenvalue weighted by Crippen LogP contribution is -2.38. The average molecular weight is 351 g/mol. The van der Waals surface area contributed by atoms with Gasteiger partial charge in [0.1, 0.15) is 0 Å². The van der Waals surface area contributed by atoms with Crippen molar-refractivity contribution in [2.75, 3.05) is 6.54 Å². The van der Waals surface area contributed by atoms with Gasteiger partial charge in [0.15, 0.2) is 5.96 Å². The molecule has 1 heterocycles. The highest BCUT2D eigenvalue weighted by atomic mass is 35.5. The van der Waals surface area contributed by atoms with Crippen molar-refractivity contribution in [2.45, 2.75) is 40.3 Å². The van der Waals surface area contributed by atoms with Crippen molar-refractivity contribution in [1.82, 2.24) is 15.6 Å². The fraction of sp³-hybridized carbons (Fsp3) is 0.412. The van der Waals surface area contributed by atoms with Crippen molar-refractivity contribution in [3.63, 3.8) is 0 Å². The van der Waals surface area contributed by atoms with Crippen LogP contribution in [0.3, 0.4) is 0 Å². The molecule has 0 aliphatic heterocycles. The Bertz CT molecular complexity index is 664. The molecule has 0 spiro atoms. The number of guanidine groups is 1. The minimum absolute atomic E-state index is 0.148. The number of rotatable bonds is 5. The number of aryl methyl sites for hydroxylation is 2. The Morgan fingerprint density at radius 1 is 1.30 bits per heavy atom. The third-order valence-corrected chi connectivity index (χ3v) is 4.76. The van der Waals surface area contributed by atoms with Gasteiger partial charge < -0.3 is 10.6 Å². The topological polar surface area (TPSA) is 49.3 Å². The van der Waals surface area contributed by atoms with Crippen LogP contribution in [-0.4, -0.2) is 17.5 Å². The number of aromatic nitrogens is 1. The molecule has 1 aromatic heterocycles. The average Bonchev–Trinajstić information content (AvgIpc) is 2.83. The molecular weight excluding hydrogens is 328 g/mol. The second kappa shape index (κ2) is 8.31. The number of hydrogen-bond donors (Lipinski definition) is 2. The lowest BCUT2D eigenvalue weighted by atomic mass is 10.1. The van der Waals surface area contributed by atoms with Gasteiger partial charge in [-0.05, 0) is 45.4 Å². The highest BCUT2D eigenvalue weighted by Crippen LogP contribution is 2.18. The zero-order chi connectivity index (χ0) is 16.8. The molecule has 0 aliphatic rings. The molecule has 2 aromatic rings. The van der Waals surface area contributed by atoms with E-state index in [0.717, 1.165) is 28.2 Å². The first-order chi connectivity index (χ1) is 11.0. The SMILES string of the molecule is CCNC(=NCc1sc(C)nc1C)NC(C)c1ccc(Cl)cc1. The van der Waals surface area contributed by atoms with Crippen molar-refractivity contribution in [3.05, 3.63) is 50.4 Å². The smallest absolute Gasteiger partial charge is 0.192 e. The second-order valence-corrected chi connectivity index (χ2v) is 7.08. The van der Waals surface area contributed by atoms with Crippen LogP contribution in [0.25, 0.3) is 0 Å². The Kier molecular flexibility index (Phi) is 6.42. The molecule has 0 saturated carbocycles. The highest BCUT2D eigenvalue weighted by molar-refractivity contribution is 7.11. The van der Waals surface area contributed by atoms with Gasteiger partial charge in [0, 0.05) is 16.4 Å². The third kappa shape index (κ3) is 5.22. The minimum Gasteiger partial charge on any atom is -0.357 e. The molecule has 0 fully saturated rings. The fourth-order valence-corrected chi connectivity index (χ4v) is 3.22. The van der Waals surface area contributed by atoms with Crippen LogP contribution in [-0.2, 0) is 6.54 Å². The lowest BCUT2D eigenvalue weighted by molar-refractivity contribution is 0.686. The zero-order valence-electron chi connectivity index (χ0n) is 14.0. The summed E-state index contributed by atoms with van der Waals surface area (Å²) < 4.78 is 0. The second-order valence-electron chi connectivity index (χ2n) is 5.35. The molecule has 0 bridgehead atoms. The monoisotopic (exact) mass is 350 g/mol. The van der Waals surface area contributed by atoms with E-state index < -0.39 is 0 Å². The first kappa shape index (κ1) is 17.8. The predicted molar refractivity (Wildman–Crippen MR) is 99.4 cm³/mol. The largest absolute Gasteiger partial charge is 0.357 e. The summed E-state index contributed by atoms with van der Waals surface area (Å²) in [4.78, 5) is 10.3. The molecule has 23 heavy (non-hydrogen) atoms. The molecule has 1 aromatic carbocycles. The quantitative estimate of drug-likeness (QED) is 0.626. The van der Waals surface area contributed by atoms with E-state index in [1.807, 2.05) is 38.1 Å². The van der Waals surface area contributed by atoms with E-state index >= 15 is 0 Å². The van der Waals surface area contributed by atoms with Crippen molar-refractivity contribution < 1.29 is 0 Å². The molecular formula is C17H23ClN4S. The third-order valence-electron chi connectivity index (χ3n) is 3.45. The Morgan fingerprint density at radius 3 is 2.57 bits per heavy atom. The number of hydrogen-bond acceptors (Lipinski definition) is 3. The molecule has 2 rings (SSSR count). The summed E-state index contributed by atoms with van der Waals surface area (Å²) in [7, 11) is 0. The maximum atomic E-state index is 5.94. The minimum atomic E-state index is 0.148. The zero-order valence-corrected chi connectivity index (χ0v) is 15.6. The molecule has 1 atom stereocenters. The Morgan fingerprint density at radius 2 is 2.00 bits per heavy atom. The standard InChI is InChI=1S/C17H23ClN4S/c1-5-19-17(20-10-16-12(3)21-13(4)23-16)22-11(2)14-6-8-15(18)9-7-14/h6-9,11H,5,10H2,1-4H3,(H2,19,20,22). The van der Waals surface area contributed by atoms with Crippen molar-refractivity contribution in [2.24, 2.45) is 4.99 Å². The molecule has 1 unspecified atom stereocenters. The van der Waals surface area contributed by atoms with Crippen molar-refractivity contribution in [3.8, 4) is 0 Å². The summed E-state index contributed by atoms with van der Waals surface area (Å²) in [5.41, 5.74) is 2.24. The Hall–Kier alpha value is -1.59. The first-order valence-corrected chi connectivity index (χ1v) is 8.92. The molecule has 4 nitrogen and oxygen atoms in total. The van der Waals surface area contributed by atoms with E-state index in [1.54, 1.807) is 11.3 Å². The highest BCUT2D eigenvalue weighted by Gasteiger charge is 2.09. The molecule has 0 aliphatic carbocycles. The van der Waals surface area contributed by atoms with Gasteiger partial charge in [0.2, 0.25) is 0 Å². The van der Waals surface area contributed by atoms with E-state index in [-0.39, 0.29) is 6.04 Å². The van der Waals surface area contributed by atoms with E-state index in [2.05, 4.69) is 34.5 Å². The van der Waals surface area contributed by atoms with Crippen molar-refractivity contribution >= 4 is 28.9 Å². The van der Waals surface area contributed by atoms with Crippen LogP contribution in [0.2, 0.25) is 5.02 Å². The normalized spacial score (nSPS) is 13.0. The maximum Gasteiger partial charge on any atom is 0.192 e. The predicted octanol–water partition coefficient (Wildman–Crippen LogP) is 4.23. The van der Waals surface area contributed by atoms with E-state index in [0.29, 0.717) is 6.54 Å². The van der Waals surface area contributed by atoms with E-state index in [4.69, 9.17) is 11.6 Å². The summed E-state index contributed by atoms with van der Waals surface area (Å²) in [6.07, 6.45) is 0. The van der Waals surface area contributed by atoms with Crippen LogP contribution < -0.4 is 10.6 Å². The van der Waals surface area contributed by atoms with Crippen LogP contribution in [0, 0.1) is 13.8 Å². The van der Waals surface area contributed by atoms with Gasteiger partial charge in [-0.25, -0.2) is 9.98 Å². The lowest BCUT2D eigenvalue weighted by Gasteiger charge is -2.18. The van der Waals surface area contributed by atoms with Crippen molar-refractivity contribution in [1.29, 1.82) is 0 Å². The summed E-state index contributed by atoms with van der Waals surface area (Å²) in [5.74, 6) is 0.806. The van der Waals surface area contributed by atoms with Gasteiger partial charge in [-0.3, -0.25) is 0 Å². The molecule has 2 N–H and O–H groups in total. The molecule has 0 saturated heterocycles. The van der Waals surface area contributed by atoms with E-state index in [1.165, 1.54) is 10.4 Å². The van der Waals surface area contributed by atoms with Gasteiger partial charge >= 0.3 is 0 Å². The number of halogens is 1.